The van der Waals surface area contributed by atoms with Gasteiger partial charge in [0.15, 0.2) is 5.96 Å². The molecule has 0 radical (unpaired) electrons. The lowest BCUT2D eigenvalue weighted by Gasteiger charge is -2.25. The molecular formula is C12H26N4. The zero-order valence-electron chi connectivity index (χ0n) is 11.1. The molecule has 1 rings (SSSR count). The molecule has 1 saturated carbocycles. The summed E-state index contributed by atoms with van der Waals surface area (Å²) in [4.78, 5) is 6.65. The van der Waals surface area contributed by atoms with Crippen molar-refractivity contribution in [1.29, 1.82) is 0 Å². The van der Waals surface area contributed by atoms with Crippen LogP contribution in [0, 0.1) is 0 Å². The molecule has 0 bridgehead atoms. The van der Waals surface area contributed by atoms with Crippen molar-refractivity contribution in [2.24, 2.45) is 4.99 Å². The molecule has 16 heavy (non-hydrogen) atoms. The van der Waals surface area contributed by atoms with Gasteiger partial charge in [-0.1, -0.05) is 6.92 Å². The fourth-order valence-electron chi connectivity index (χ4n) is 1.69. The van der Waals surface area contributed by atoms with Crippen LogP contribution in [0.5, 0.6) is 0 Å². The van der Waals surface area contributed by atoms with E-state index in [-0.39, 0.29) is 0 Å². The molecule has 0 spiro atoms. The first kappa shape index (κ1) is 13.3. The predicted octanol–water partition coefficient (Wildman–Crippen LogP) is 1.04. The van der Waals surface area contributed by atoms with Crippen LogP contribution in [0.15, 0.2) is 4.99 Å². The van der Waals surface area contributed by atoms with Crippen LogP contribution in [0.3, 0.4) is 0 Å². The van der Waals surface area contributed by atoms with Gasteiger partial charge in [-0.15, -0.1) is 0 Å². The second-order valence-corrected chi connectivity index (χ2v) is 4.63. The molecule has 4 heteroatoms. The molecule has 0 aromatic heterocycles. The molecular weight excluding hydrogens is 200 g/mol. The molecule has 0 saturated heterocycles. The van der Waals surface area contributed by atoms with Gasteiger partial charge in [0.1, 0.15) is 0 Å². The summed E-state index contributed by atoms with van der Waals surface area (Å²) in [5, 5.41) is 6.64. The molecule has 1 fully saturated rings. The summed E-state index contributed by atoms with van der Waals surface area (Å²) in [5.74, 6) is 0.915. The minimum atomic E-state index is 0.563. The molecule has 1 unspecified atom stereocenters. The maximum Gasteiger partial charge on any atom is 0.191 e. The molecule has 1 aliphatic carbocycles. The summed E-state index contributed by atoms with van der Waals surface area (Å²) in [7, 11) is 4.03. The number of nitrogens with one attached hydrogen (secondary N) is 2. The van der Waals surface area contributed by atoms with Gasteiger partial charge in [0.25, 0.3) is 0 Å². The van der Waals surface area contributed by atoms with Gasteiger partial charge in [-0.05, 0) is 33.2 Å². The summed E-state index contributed by atoms with van der Waals surface area (Å²) in [5.41, 5.74) is 0. The monoisotopic (exact) mass is 226 g/mol. The van der Waals surface area contributed by atoms with Crippen LogP contribution in [0.4, 0.5) is 0 Å². The summed E-state index contributed by atoms with van der Waals surface area (Å²) in [6.07, 6.45) is 3.85. The number of hydrogen-bond acceptors (Lipinski definition) is 2. The highest BCUT2D eigenvalue weighted by atomic mass is 15.2. The summed E-state index contributed by atoms with van der Waals surface area (Å²) in [6.45, 7) is 6.35. The van der Waals surface area contributed by atoms with Gasteiger partial charge in [0, 0.05) is 32.2 Å². The average molecular weight is 226 g/mol. The van der Waals surface area contributed by atoms with E-state index in [1.54, 1.807) is 0 Å². The maximum absolute atomic E-state index is 4.19. The minimum absolute atomic E-state index is 0.563. The highest BCUT2D eigenvalue weighted by Crippen LogP contribution is 2.26. The first-order valence-corrected chi connectivity index (χ1v) is 6.35. The SMILES string of the molecule is CCCNC(=NC)NCC(C)N(C)C1CC1. The number of likely N-dealkylation sites (N-methyl/N-ethyl adjacent to an activating group) is 1. The van der Waals surface area contributed by atoms with Gasteiger partial charge < -0.3 is 10.6 Å². The van der Waals surface area contributed by atoms with Crippen molar-refractivity contribution in [1.82, 2.24) is 15.5 Å². The third-order valence-electron chi connectivity index (χ3n) is 3.15. The molecule has 1 aliphatic rings. The zero-order valence-corrected chi connectivity index (χ0v) is 11.1. The van der Waals surface area contributed by atoms with Crippen molar-refractivity contribution < 1.29 is 0 Å². The van der Waals surface area contributed by atoms with E-state index in [9.17, 15) is 0 Å². The van der Waals surface area contributed by atoms with Crippen LogP contribution >= 0.6 is 0 Å². The Morgan fingerprint density at radius 3 is 2.62 bits per heavy atom. The molecule has 4 nitrogen and oxygen atoms in total. The van der Waals surface area contributed by atoms with Gasteiger partial charge in [-0.25, -0.2) is 0 Å². The van der Waals surface area contributed by atoms with Crippen LogP contribution in [0.1, 0.15) is 33.1 Å². The third-order valence-corrected chi connectivity index (χ3v) is 3.15. The highest BCUT2D eigenvalue weighted by molar-refractivity contribution is 5.79. The molecule has 1 atom stereocenters. The van der Waals surface area contributed by atoms with Crippen LogP contribution in [0.25, 0.3) is 0 Å². The Morgan fingerprint density at radius 2 is 2.12 bits per heavy atom. The molecule has 0 heterocycles. The average Bonchev–Trinajstić information content (AvgIpc) is 3.12. The zero-order chi connectivity index (χ0) is 12.0. The Morgan fingerprint density at radius 1 is 1.44 bits per heavy atom. The van der Waals surface area contributed by atoms with E-state index in [0.29, 0.717) is 6.04 Å². The first-order valence-electron chi connectivity index (χ1n) is 6.35. The van der Waals surface area contributed by atoms with E-state index >= 15 is 0 Å². The largest absolute Gasteiger partial charge is 0.356 e. The molecule has 0 aromatic rings. The van der Waals surface area contributed by atoms with Crippen molar-refractivity contribution in [3.05, 3.63) is 0 Å². The lowest BCUT2D eigenvalue weighted by Crippen LogP contribution is -2.45. The summed E-state index contributed by atoms with van der Waals surface area (Å²) < 4.78 is 0. The van der Waals surface area contributed by atoms with E-state index < -0.39 is 0 Å². The fraction of sp³-hybridized carbons (Fsp3) is 0.917. The van der Waals surface area contributed by atoms with E-state index in [0.717, 1.165) is 31.5 Å². The fourth-order valence-corrected chi connectivity index (χ4v) is 1.69. The van der Waals surface area contributed by atoms with Crippen LogP contribution in [-0.4, -0.2) is 50.1 Å². The maximum atomic E-state index is 4.19. The van der Waals surface area contributed by atoms with Gasteiger partial charge in [-0.3, -0.25) is 9.89 Å². The Hall–Kier alpha value is -0.770. The van der Waals surface area contributed by atoms with Gasteiger partial charge in [0.05, 0.1) is 0 Å². The summed E-state index contributed by atoms with van der Waals surface area (Å²) >= 11 is 0. The molecule has 0 amide bonds. The number of guanidine groups is 1. The van der Waals surface area contributed by atoms with Crippen LogP contribution in [-0.2, 0) is 0 Å². The smallest absolute Gasteiger partial charge is 0.191 e. The quantitative estimate of drug-likeness (QED) is 0.525. The number of nitrogens with zero attached hydrogens (tertiary/aromatic N) is 2. The number of hydrogen-bond donors (Lipinski definition) is 2. The van der Waals surface area contributed by atoms with Crippen molar-refractivity contribution in [2.45, 2.75) is 45.2 Å². The van der Waals surface area contributed by atoms with Crippen molar-refractivity contribution >= 4 is 5.96 Å². The Kier molecular flexibility index (Phi) is 5.60. The van der Waals surface area contributed by atoms with Gasteiger partial charge in [-0.2, -0.15) is 0 Å². The van der Waals surface area contributed by atoms with Crippen LogP contribution in [0.2, 0.25) is 0 Å². The standard InChI is InChI=1S/C12H26N4/c1-5-8-14-12(13-3)15-9-10(2)16(4)11-6-7-11/h10-11H,5-9H2,1-4H3,(H2,13,14,15). The Labute approximate surface area is 99.5 Å². The van der Waals surface area contributed by atoms with Gasteiger partial charge >= 0.3 is 0 Å². The number of aliphatic imine (C=N–C) groups is 1. The number of rotatable bonds is 6. The normalized spacial score (nSPS) is 18.7. The van der Waals surface area contributed by atoms with Crippen molar-refractivity contribution in [3.63, 3.8) is 0 Å². The lowest BCUT2D eigenvalue weighted by atomic mass is 10.3. The topological polar surface area (TPSA) is 39.7 Å². The second-order valence-electron chi connectivity index (χ2n) is 4.63. The molecule has 94 valence electrons. The molecule has 0 aromatic carbocycles. The second kappa shape index (κ2) is 6.74. The van der Waals surface area contributed by atoms with Crippen LogP contribution < -0.4 is 10.6 Å². The Balaban J connectivity index is 2.20. The predicted molar refractivity (Wildman–Crippen MR) is 69.9 cm³/mol. The van der Waals surface area contributed by atoms with E-state index in [1.165, 1.54) is 12.8 Å². The third kappa shape index (κ3) is 4.39. The summed E-state index contributed by atoms with van der Waals surface area (Å²) in [6, 6.07) is 1.38. The first-order chi connectivity index (χ1) is 7.69. The van der Waals surface area contributed by atoms with E-state index in [1.807, 2.05) is 7.05 Å². The van der Waals surface area contributed by atoms with E-state index in [4.69, 9.17) is 0 Å². The minimum Gasteiger partial charge on any atom is -0.356 e. The highest BCUT2D eigenvalue weighted by Gasteiger charge is 2.28. The lowest BCUT2D eigenvalue weighted by molar-refractivity contribution is 0.247. The molecule has 0 aliphatic heterocycles. The molecule has 2 N–H and O–H groups in total. The van der Waals surface area contributed by atoms with E-state index in [2.05, 4.69) is 41.4 Å². The Bertz CT molecular complexity index is 223. The van der Waals surface area contributed by atoms with Crippen molar-refractivity contribution in [2.75, 3.05) is 27.2 Å². The van der Waals surface area contributed by atoms with Crippen molar-refractivity contribution in [3.8, 4) is 0 Å². The van der Waals surface area contributed by atoms with Gasteiger partial charge in [0.2, 0.25) is 0 Å².